The van der Waals surface area contributed by atoms with E-state index in [1.807, 2.05) is 12.1 Å². The predicted octanol–water partition coefficient (Wildman–Crippen LogP) is 4.38. The summed E-state index contributed by atoms with van der Waals surface area (Å²) in [6.45, 7) is 0. The van der Waals surface area contributed by atoms with Gasteiger partial charge in [-0.05, 0) is 36.2 Å². The maximum absolute atomic E-state index is 13.6. The van der Waals surface area contributed by atoms with Crippen LogP contribution in [0.2, 0.25) is 10.0 Å². The highest BCUT2D eigenvalue weighted by molar-refractivity contribution is 6.31. The molecule has 0 heterocycles. The normalized spacial score (nSPS) is 12.4. The maximum Gasteiger partial charge on any atom is 0.127 e. The Morgan fingerprint density at radius 3 is 2.33 bits per heavy atom. The molecule has 0 fully saturated rings. The smallest absolute Gasteiger partial charge is 0.127 e. The summed E-state index contributed by atoms with van der Waals surface area (Å²) < 4.78 is 13.6. The van der Waals surface area contributed by atoms with Crippen molar-refractivity contribution in [3.8, 4) is 0 Å². The van der Waals surface area contributed by atoms with Gasteiger partial charge in [0, 0.05) is 21.7 Å². The van der Waals surface area contributed by atoms with Gasteiger partial charge >= 0.3 is 0 Å². The molecule has 94 valence electrons. The third-order valence-electron chi connectivity index (χ3n) is 2.78. The van der Waals surface area contributed by atoms with Crippen LogP contribution in [0.1, 0.15) is 17.2 Å². The number of hydrogen-bond donors (Lipinski definition) is 1. The highest BCUT2D eigenvalue weighted by Gasteiger charge is 2.13. The third-order valence-corrected chi connectivity index (χ3v) is 3.39. The second-order valence-corrected chi connectivity index (χ2v) is 4.91. The standard InChI is InChI=1S/C14H12Cl2FN/c15-10-6-4-9(5-7-10)14(18)8-11-12(16)2-1-3-13(11)17/h1-7,14H,8,18H2. The average Bonchev–Trinajstić information content (AvgIpc) is 2.34. The van der Waals surface area contributed by atoms with E-state index in [1.165, 1.54) is 6.07 Å². The highest BCUT2D eigenvalue weighted by atomic mass is 35.5. The van der Waals surface area contributed by atoms with E-state index in [0.29, 0.717) is 22.0 Å². The Hall–Kier alpha value is -1.09. The lowest BCUT2D eigenvalue weighted by Gasteiger charge is -2.14. The lowest BCUT2D eigenvalue weighted by Crippen LogP contribution is -2.14. The molecular weight excluding hydrogens is 272 g/mol. The molecule has 18 heavy (non-hydrogen) atoms. The SMILES string of the molecule is NC(Cc1c(F)cccc1Cl)c1ccc(Cl)cc1. The van der Waals surface area contributed by atoms with Crippen molar-refractivity contribution in [2.45, 2.75) is 12.5 Å². The van der Waals surface area contributed by atoms with Crippen molar-refractivity contribution in [2.75, 3.05) is 0 Å². The van der Waals surface area contributed by atoms with Gasteiger partial charge in [-0.3, -0.25) is 0 Å². The van der Waals surface area contributed by atoms with E-state index in [0.717, 1.165) is 5.56 Å². The monoisotopic (exact) mass is 283 g/mol. The highest BCUT2D eigenvalue weighted by Crippen LogP contribution is 2.25. The molecule has 0 aliphatic rings. The van der Waals surface area contributed by atoms with Crippen LogP contribution in [0.5, 0.6) is 0 Å². The molecule has 0 saturated carbocycles. The summed E-state index contributed by atoms with van der Waals surface area (Å²) in [6.07, 6.45) is 0.354. The summed E-state index contributed by atoms with van der Waals surface area (Å²) in [5.41, 5.74) is 7.39. The Kier molecular flexibility index (Phi) is 4.23. The zero-order chi connectivity index (χ0) is 13.1. The van der Waals surface area contributed by atoms with Crippen molar-refractivity contribution in [1.29, 1.82) is 0 Å². The van der Waals surface area contributed by atoms with Gasteiger partial charge in [0.1, 0.15) is 5.82 Å². The zero-order valence-electron chi connectivity index (χ0n) is 9.54. The second kappa shape index (κ2) is 5.70. The van der Waals surface area contributed by atoms with Gasteiger partial charge in [-0.25, -0.2) is 4.39 Å². The van der Waals surface area contributed by atoms with E-state index in [4.69, 9.17) is 28.9 Å². The summed E-state index contributed by atoms with van der Waals surface area (Å²) in [6, 6.07) is 11.5. The molecule has 0 spiro atoms. The average molecular weight is 284 g/mol. The number of halogens is 3. The lowest BCUT2D eigenvalue weighted by atomic mass is 9.99. The van der Waals surface area contributed by atoms with Crippen molar-refractivity contribution < 1.29 is 4.39 Å². The van der Waals surface area contributed by atoms with Crippen molar-refractivity contribution in [1.82, 2.24) is 0 Å². The molecule has 0 aliphatic carbocycles. The number of rotatable bonds is 3. The Balaban J connectivity index is 2.21. The van der Waals surface area contributed by atoms with Gasteiger partial charge in [-0.1, -0.05) is 41.4 Å². The Bertz CT molecular complexity index is 520. The van der Waals surface area contributed by atoms with Crippen LogP contribution in [-0.2, 0) is 6.42 Å². The van der Waals surface area contributed by atoms with Gasteiger partial charge in [-0.15, -0.1) is 0 Å². The van der Waals surface area contributed by atoms with Crippen molar-refractivity contribution in [3.05, 3.63) is 69.5 Å². The minimum absolute atomic E-state index is 0.309. The van der Waals surface area contributed by atoms with E-state index >= 15 is 0 Å². The number of hydrogen-bond acceptors (Lipinski definition) is 1. The predicted molar refractivity (Wildman–Crippen MR) is 73.5 cm³/mol. The van der Waals surface area contributed by atoms with Crippen LogP contribution in [0.25, 0.3) is 0 Å². The fraction of sp³-hybridized carbons (Fsp3) is 0.143. The van der Waals surface area contributed by atoms with Crippen molar-refractivity contribution in [3.63, 3.8) is 0 Å². The van der Waals surface area contributed by atoms with Gasteiger partial charge in [0.05, 0.1) is 0 Å². The summed E-state index contributed by atoms with van der Waals surface area (Å²) in [7, 11) is 0. The summed E-state index contributed by atoms with van der Waals surface area (Å²) in [4.78, 5) is 0. The molecule has 0 aromatic heterocycles. The minimum atomic E-state index is -0.327. The van der Waals surface area contributed by atoms with Crippen LogP contribution in [0.4, 0.5) is 4.39 Å². The van der Waals surface area contributed by atoms with E-state index in [-0.39, 0.29) is 11.9 Å². The molecule has 1 unspecified atom stereocenters. The Morgan fingerprint density at radius 2 is 1.72 bits per heavy atom. The van der Waals surface area contributed by atoms with E-state index < -0.39 is 0 Å². The summed E-state index contributed by atoms with van der Waals surface area (Å²) in [5.74, 6) is -0.327. The molecule has 2 aromatic rings. The fourth-order valence-corrected chi connectivity index (χ4v) is 2.14. The lowest BCUT2D eigenvalue weighted by molar-refractivity contribution is 0.593. The van der Waals surface area contributed by atoms with E-state index in [2.05, 4.69) is 0 Å². The molecule has 0 aliphatic heterocycles. The zero-order valence-corrected chi connectivity index (χ0v) is 11.0. The molecular formula is C14H12Cl2FN. The van der Waals surface area contributed by atoms with Crippen LogP contribution in [-0.4, -0.2) is 0 Å². The van der Waals surface area contributed by atoms with Crippen molar-refractivity contribution in [2.24, 2.45) is 5.73 Å². The third kappa shape index (κ3) is 3.02. The second-order valence-electron chi connectivity index (χ2n) is 4.06. The Labute approximate surface area is 115 Å². The number of benzene rings is 2. The molecule has 0 amide bonds. The van der Waals surface area contributed by atoms with Gasteiger partial charge in [0.15, 0.2) is 0 Å². The van der Waals surface area contributed by atoms with E-state index in [1.54, 1.807) is 24.3 Å². The van der Waals surface area contributed by atoms with Crippen LogP contribution in [0.15, 0.2) is 42.5 Å². The molecule has 0 bridgehead atoms. The van der Waals surface area contributed by atoms with Crippen LogP contribution in [0.3, 0.4) is 0 Å². The molecule has 2 N–H and O–H groups in total. The maximum atomic E-state index is 13.6. The van der Waals surface area contributed by atoms with Crippen LogP contribution < -0.4 is 5.73 Å². The van der Waals surface area contributed by atoms with Gasteiger partial charge in [-0.2, -0.15) is 0 Å². The molecule has 2 aromatic carbocycles. The molecule has 1 nitrogen and oxygen atoms in total. The molecule has 0 radical (unpaired) electrons. The first kappa shape index (κ1) is 13.3. The molecule has 2 rings (SSSR count). The summed E-state index contributed by atoms with van der Waals surface area (Å²) >= 11 is 11.8. The molecule has 4 heteroatoms. The quantitative estimate of drug-likeness (QED) is 0.889. The van der Waals surface area contributed by atoms with Gasteiger partial charge in [0.25, 0.3) is 0 Å². The first-order valence-electron chi connectivity index (χ1n) is 5.52. The summed E-state index contributed by atoms with van der Waals surface area (Å²) in [5, 5.41) is 1.05. The molecule has 1 atom stereocenters. The fourth-order valence-electron chi connectivity index (χ4n) is 1.78. The van der Waals surface area contributed by atoms with Gasteiger partial charge < -0.3 is 5.73 Å². The van der Waals surface area contributed by atoms with Gasteiger partial charge in [0.2, 0.25) is 0 Å². The van der Waals surface area contributed by atoms with Crippen molar-refractivity contribution >= 4 is 23.2 Å². The number of nitrogens with two attached hydrogens (primary N) is 1. The molecule has 0 saturated heterocycles. The Morgan fingerprint density at radius 1 is 1.06 bits per heavy atom. The topological polar surface area (TPSA) is 26.0 Å². The van der Waals surface area contributed by atoms with E-state index in [9.17, 15) is 4.39 Å². The largest absolute Gasteiger partial charge is 0.324 e. The van der Waals surface area contributed by atoms with Crippen LogP contribution in [0, 0.1) is 5.82 Å². The first-order valence-corrected chi connectivity index (χ1v) is 6.27. The minimum Gasteiger partial charge on any atom is -0.324 e. The first-order chi connectivity index (χ1) is 8.58. The van der Waals surface area contributed by atoms with Crippen LogP contribution >= 0.6 is 23.2 Å².